The molecule has 128 valence electrons. The predicted octanol–water partition coefficient (Wildman–Crippen LogP) is 2.45. The third-order valence-electron chi connectivity index (χ3n) is 3.36. The van der Waals surface area contributed by atoms with Gasteiger partial charge in [-0.2, -0.15) is 0 Å². The van der Waals surface area contributed by atoms with Crippen molar-refractivity contribution < 1.29 is 8.42 Å². The Kier molecular flexibility index (Phi) is 7.81. The van der Waals surface area contributed by atoms with Crippen LogP contribution >= 0.6 is 0 Å². The van der Waals surface area contributed by atoms with E-state index in [-0.39, 0.29) is 0 Å². The Hall–Kier alpha value is -1.82. The van der Waals surface area contributed by atoms with Gasteiger partial charge >= 0.3 is 0 Å². The zero-order valence-electron chi connectivity index (χ0n) is 14.2. The molecule has 23 heavy (non-hydrogen) atoms. The van der Waals surface area contributed by atoms with Gasteiger partial charge in [0.2, 0.25) is 0 Å². The summed E-state index contributed by atoms with van der Waals surface area (Å²) in [6.07, 6.45) is 5.15. The zero-order valence-corrected chi connectivity index (χ0v) is 15.1. The summed E-state index contributed by atoms with van der Waals surface area (Å²) in [5.41, 5.74) is 0.979. The average molecular weight is 337 g/mol. The molecule has 0 saturated carbocycles. The van der Waals surface area contributed by atoms with Crippen molar-refractivity contribution >= 4 is 15.8 Å². The average Bonchev–Trinajstić information content (AvgIpc) is 2.51. The molecule has 0 aliphatic rings. The maximum atomic E-state index is 11.5. The summed E-state index contributed by atoms with van der Waals surface area (Å²) < 4.78 is 22.9. The molecule has 0 amide bonds. The number of unbranched alkanes of at least 4 members (excludes halogenated alkanes) is 1. The molecule has 0 saturated heterocycles. The number of sulfone groups is 1. The Bertz CT molecular complexity index is 622. The highest BCUT2D eigenvalue weighted by Crippen LogP contribution is 2.11. The highest BCUT2D eigenvalue weighted by atomic mass is 32.2. The maximum absolute atomic E-state index is 11.5. The van der Waals surface area contributed by atoms with Gasteiger partial charge in [0.25, 0.3) is 0 Å². The van der Waals surface area contributed by atoms with Crippen molar-refractivity contribution in [3.05, 3.63) is 42.5 Å². The van der Waals surface area contributed by atoms with Crippen LogP contribution in [0, 0.1) is 0 Å². The van der Waals surface area contributed by atoms with E-state index in [1.807, 2.05) is 20.0 Å². The van der Waals surface area contributed by atoms with Gasteiger partial charge in [0.15, 0.2) is 15.8 Å². The number of nitrogens with zero attached hydrogens (tertiary/aromatic N) is 2. The fraction of sp³-hybridized carbons (Fsp3) is 0.471. The molecule has 5 nitrogen and oxygen atoms in total. The third kappa shape index (κ3) is 6.86. The fourth-order valence-corrected chi connectivity index (χ4v) is 2.69. The number of benzene rings is 1. The van der Waals surface area contributed by atoms with Crippen LogP contribution in [0.4, 0.5) is 0 Å². The molecular formula is C17H27N3O2S. The van der Waals surface area contributed by atoms with Gasteiger partial charge in [0.05, 0.1) is 11.4 Å². The Morgan fingerprint density at radius 3 is 2.52 bits per heavy atom. The molecule has 0 aliphatic heterocycles. The molecule has 0 spiro atoms. The number of hydrogen-bond acceptors (Lipinski definition) is 3. The third-order valence-corrected chi connectivity index (χ3v) is 4.49. The van der Waals surface area contributed by atoms with Gasteiger partial charge < -0.3 is 10.2 Å². The van der Waals surface area contributed by atoms with E-state index in [2.05, 4.69) is 21.8 Å². The molecule has 0 bridgehead atoms. The molecule has 1 N–H and O–H groups in total. The van der Waals surface area contributed by atoms with Crippen LogP contribution in [-0.2, 0) is 16.4 Å². The SMILES string of the molecule is C=CCCCN(C)C(=NCc1ccc(S(C)(=O)=O)cc1)NCC. The second kappa shape index (κ2) is 9.35. The largest absolute Gasteiger partial charge is 0.357 e. The van der Waals surface area contributed by atoms with Crippen LogP contribution in [0.3, 0.4) is 0 Å². The second-order valence-corrected chi connectivity index (χ2v) is 7.45. The van der Waals surface area contributed by atoms with E-state index in [1.165, 1.54) is 6.26 Å². The maximum Gasteiger partial charge on any atom is 0.193 e. The van der Waals surface area contributed by atoms with Crippen LogP contribution in [0.25, 0.3) is 0 Å². The summed E-state index contributed by atoms with van der Waals surface area (Å²) in [5, 5.41) is 3.27. The van der Waals surface area contributed by atoms with Crippen molar-refractivity contribution in [2.24, 2.45) is 4.99 Å². The van der Waals surface area contributed by atoms with Gasteiger partial charge in [-0.15, -0.1) is 6.58 Å². The Morgan fingerprint density at radius 2 is 2.00 bits per heavy atom. The number of guanidine groups is 1. The molecule has 0 atom stereocenters. The molecule has 0 fully saturated rings. The van der Waals surface area contributed by atoms with E-state index in [9.17, 15) is 8.42 Å². The highest BCUT2D eigenvalue weighted by molar-refractivity contribution is 7.90. The van der Waals surface area contributed by atoms with E-state index >= 15 is 0 Å². The number of allylic oxidation sites excluding steroid dienone is 1. The molecular weight excluding hydrogens is 310 g/mol. The molecule has 1 aromatic rings. The van der Waals surface area contributed by atoms with Crippen LogP contribution in [0.1, 0.15) is 25.3 Å². The van der Waals surface area contributed by atoms with Crippen LogP contribution in [0.15, 0.2) is 46.8 Å². The van der Waals surface area contributed by atoms with E-state index in [4.69, 9.17) is 0 Å². The normalized spacial score (nSPS) is 12.0. The molecule has 0 unspecified atom stereocenters. The number of aliphatic imine (C=N–C) groups is 1. The van der Waals surface area contributed by atoms with Crippen molar-refractivity contribution in [2.45, 2.75) is 31.2 Å². The van der Waals surface area contributed by atoms with Crippen LogP contribution in [-0.4, -0.2) is 45.7 Å². The lowest BCUT2D eigenvalue weighted by Crippen LogP contribution is -2.39. The van der Waals surface area contributed by atoms with Crippen LogP contribution < -0.4 is 5.32 Å². The first-order valence-electron chi connectivity index (χ1n) is 7.77. The lowest BCUT2D eigenvalue weighted by atomic mass is 10.2. The van der Waals surface area contributed by atoms with E-state index in [0.717, 1.165) is 37.5 Å². The lowest BCUT2D eigenvalue weighted by molar-refractivity contribution is 0.470. The predicted molar refractivity (Wildman–Crippen MR) is 96.4 cm³/mol. The molecule has 0 aromatic heterocycles. The Labute approximate surface area is 140 Å². The summed E-state index contributed by atoms with van der Waals surface area (Å²) >= 11 is 0. The summed E-state index contributed by atoms with van der Waals surface area (Å²) in [6.45, 7) is 7.99. The number of nitrogens with one attached hydrogen (secondary N) is 1. The molecule has 1 rings (SSSR count). The van der Waals surface area contributed by atoms with E-state index in [0.29, 0.717) is 11.4 Å². The van der Waals surface area contributed by atoms with Crippen molar-refractivity contribution in [1.82, 2.24) is 10.2 Å². The Balaban J connectivity index is 2.74. The summed E-state index contributed by atoms with van der Waals surface area (Å²) in [6, 6.07) is 6.87. The topological polar surface area (TPSA) is 61.8 Å². The van der Waals surface area contributed by atoms with Gasteiger partial charge in [-0.3, -0.25) is 0 Å². The van der Waals surface area contributed by atoms with E-state index in [1.54, 1.807) is 24.3 Å². The van der Waals surface area contributed by atoms with Crippen molar-refractivity contribution in [3.63, 3.8) is 0 Å². The van der Waals surface area contributed by atoms with Gasteiger partial charge in [0, 0.05) is 26.4 Å². The first-order valence-corrected chi connectivity index (χ1v) is 9.67. The first kappa shape index (κ1) is 19.2. The summed E-state index contributed by atoms with van der Waals surface area (Å²) in [7, 11) is -1.14. The number of hydrogen-bond donors (Lipinski definition) is 1. The highest BCUT2D eigenvalue weighted by Gasteiger charge is 2.07. The van der Waals surface area contributed by atoms with Gasteiger partial charge in [-0.1, -0.05) is 18.2 Å². The minimum absolute atomic E-state index is 0.332. The minimum atomic E-state index is -3.15. The van der Waals surface area contributed by atoms with E-state index < -0.39 is 9.84 Å². The van der Waals surface area contributed by atoms with Gasteiger partial charge in [-0.25, -0.2) is 13.4 Å². The fourth-order valence-electron chi connectivity index (χ4n) is 2.06. The molecule has 0 radical (unpaired) electrons. The lowest BCUT2D eigenvalue weighted by Gasteiger charge is -2.21. The quantitative estimate of drug-likeness (QED) is 0.343. The zero-order chi connectivity index (χ0) is 17.3. The van der Waals surface area contributed by atoms with Gasteiger partial charge in [-0.05, 0) is 37.5 Å². The minimum Gasteiger partial charge on any atom is -0.357 e. The Morgan fingerprint density at radius 1 is 1.35 bits per heavy atom. The van der Waals surface area contributed by atoms with Crippen molar-refractivity contribution in [2.75, 3.05) is 26.4 Å². The smallest absolute Gasteiger partial charge is 0.193 e. The van der Waals surface area contributed by atoms with Crippen LogP contribution in [0.2, 0.25) is 0 Å². The number of rotatable bonds is 8. The molecule has 1 aromatic carbocycles. The van der Waals surface area contributed by atoms with Crippen molar-refractivity contribution in [1.29, 1.82) is 0 Å². The summed E-state index contributed by atoms with van der Waals surface area (Å²) in [5.74, 6) is 0.851. The molecule has 6 heteroatoms. The monoisotopic (exact) mass is 337 g/mol. The molecule has 0 heterocycles. The second-order valence-electron chi connectivity index (χ2n) is 5.44. The first-order chi connectivity index (χ1) is 10.9. The van der Waals surface area contributed by atoms with Crippen molar-refractivity contribution in [3.8, 4) is 0 Å². The molecule has 0 aliphatic carbocycles. The standard InChI is InChI=1S/C17H27N3O2S/c1-5-7-8-13-20(3)17(18-6-2)19-14-15-9-11-16(12-10-15)23(4,21)22/h5,9-12H,1,6-8,13-14H2,2-4H3,(H,18,19). The summed E-state index contributed by atoms with van der Waals surface area (Å²) in [4.78, 5) is 7.04. The van der Waals surface area contributed by atoms with Gasteiger partial charge in [0.1, 0.15) is 0 Å². The van der Waals surface area contributed by atoms with Crippen LogP contribution in [0.5, 0.6) is 0 Å².